The van der Waals surface area contributed by atoms with Gasteiger partial charge < -0.3 is 5.11 Å². The molecule has 0 aliphatic heterocycles. The third-order valence-corrected chi connectivity index (χ3v) is 2.27. The summed E-state index contributed by atoms with van der Waals surface area (Å²) in [6.07, 6.45) is 0. The second-order valence-corrected chi connectivity index (χ2v) is 3.65. The predicted octanol–water partition coefficient (Wildman–Crippen LogP) is 2.77. The van der Waals surface area contributed by atoms with Gasteiger partial charge >= 0.3 is 5.30 Å². The third-order valence-electron chi connectivity index (χ3n) is 1.19. The van der Waals surface area contributed by atoms with E-state index in [4.69, 9.17) is 17.3 Å². The van der Waals surface area contributed by atoms with Crippen molar-refractivity contribution in [3.05, 3.63) is 35.9 Å². The first-order chi connectivity index (χ1) is 5.70. The van der Waals surface area contributed by atoms with Crippen LogP contribution in [0.15, 0.2) is 30.3 Å². The summed E-state index contributed by atoms with van der Waals surface area (Å²) in [5.41, 5.74) is 0.778. The minimum atomic E-state index is -0.969. The van der Waals surface area contributed by atoms with E-state index in [0.717, 1.165) is 5.56 Å². The fraction of sp³-hybridized carbons (Fsp3) is 0. The average molecular weight is 198 g/mol. The summed E-state index contributed by atoms with van der Waals surface area (Å²) in [7, 11) is 0. The van der Waals surface area contributed by atoms with Gasteiger partial charge in [-0.3, -0.25) is 0 Å². The highest BCUT2D eigenvalue weighted by atomic mass is 32.2. The molecule has 0 saturated heterocycles. The lowest BCUT2D eigenvalue weighted by Crippen LogP contribution is -1.95. The number of carboxylic acid groups (broad SMARTS) is 1. The SMILES string of the molecule is O=C(O)SC(=S)c1ccccc1. The molecule has 0 fully saturated rings. The quantitative estimate of drug-likeness (QED) is 0.704. The van der Waals surface area contributed by atoms with Gasteiger partial charge in [0, 0.05) is 11.8 Å². The minimum Gasteiger partial charge on any atom is -0.473 e. The number of benzene rings is 1. The van der Waals surface area contributed by atoms with Crippen LogP contribution in [-0.2, 0) is 0 Å². The highest BCUT2D eigenvalue weighted by Gasteiger charge is 2.05. The van der Waals surface area contributed by atoms with Crippen molar-refractivity contribution < 1.29 is 9.90 Å². The van der Waals surface area contributed by atoms with Crippen molar-refractivity contribution in [3.8, 4) is 0 Å². The van der Waals surface area contributed by atoms with Crippen LogP contribution in [0.1, 0.15) is 5.56 Å². The number of thioether (sulfide) groups is 1. The van der Waals surface area contributed by atoms with Gasteiger partial charge in [0.25, 0.3) is 0 Å². The molecule has 62 valence electrons. The molecule has 1 aromatic carbocycles. The van der Waals surface area contributed by atoms with Crippen LogP contribution in [-0.4, -0.2) is 14.6 Å². The summed E-state index contributed by atoms with van der Waals surface area (Å²) in [6.45, 7) is 0. The number of hydrogen-bond donors (Lipinski definition) is 1. The largest absolute Gasteiger partial charge is 0.473 e. The highest BCUT2D eigenvalue weighted by molar-refractivity contribution is 8.33. The minimum absolute atomic E-state index is 0.392. The number of rotatable bonds is 1. The summed E-state index contributed by atoms with van der Waals surface area (Å²) >= 11 is 5.53. The Morgan fingerprint density at radius 1 is 1.33 bits per heavy atom. The molecule has 0 heterocycles. The second-order valence-electron chi connectivity index (χ2n) is 2.02. The lowest BCUT2D eigenvalue weighted by Gasteiger charge is -1.97. The van der Waals surface area contributed by atoms with Gasteiger partial charge in [0.1, 0.15) is 0 Å². The molecule has 1 rings (SSSR count). The molecular weight excluding hydrogens is 192 g/mol. The second kappa shape index (κ2) is 4.23. The van der Waals surface area contributed by atoms with Gasteiger partial charge in [-0.05, 0) is 5.56 Å². The molecule has 1 aromatic rings. The Hall–Kier alpha value is -0.870. The third kappa shape index (κ3) is 2.64. The van der Waals surface area contributed by atoms with E-state index in [1.807, 2.05) is 18.2 Å². The number of thiocarbonyl (C=S) groups is 1. The van der Waals surface area contributed by atoms with Crippen molar-refractivity contribution in [2.45, 2.75) is 0 Å². The van der Waals surface area contributed by atoms with E-state index in [2.05, 4.69) is 0 Å². The molecular formula is C8H6O2S2. The molecule has 0 aromatic heterocycles. The van der Waals surface area contributed by atoms with Gasteiger partial charge in [-0.2, -0.15) is 0 Å². The summed E-state index contributed by atoms with van der Waals surface area (Å²) < 4.78 is 0.392. The molecule has 0 amide bonds. The van der Waals surface area contributed by atoms with Crippen LogP contribution in [0.5, 0.6) is 0 Å². The van der Waals surface area contributed by atoms with Crippen LogP contribution < -0.4 is 0 Å². The molecule has 0 radical (unpaired) electrons. The van der Waals surface area contributed by atoms with Gasteiger partial charge in [0.15, 0.2) is 0 Å². The Bertz CT molecular complexity index is 295. The van der Waals surface area contributed by atoms with Crippen molar-refractivity contribution in [1.29, 1.82) is 0 Å². The van der Waals surface area contributed by atoms with E-state index in [0.29, 0.717) is 16.0 Å². The van der Waals surface area contributed by atoms with Crippen LogP contribution >= 0.6 is 24.0 Å². The lowest BCUT2D eigenvalue weighted by molar-refractivity contribution is 0.222. The van der Waals surface area contributed by atoms with Crippen LogP contribution in [0.25, 0.3) is 0 Å². The van der Waals surface area contributed by atoms with Gasteiger partial charge in [-0.25, -0.2) is 4.79 Å². The molecule has 0 aliphatic carbocycles. The summed E-state index contributed by atoms with van der Waals surface area (Å²) in [6, 6.07) is 9.09. The van der Waals surface area contributed by atoms with Crippen LogP contribution in [0.2, 0.25) is 0 Å². The maximum absolute atomic E-state index is 10.3. The van der Waals surface area contributed by atoms with Crippen molar-refractivity contribution in [3.63, 3.8) is 0 Å². The first kappa shape index (κ1) is 9.22. The van der Waals surface area contributed by atoms with Crippen molar-refractivity contribution in [2.75, 3.05) is 0 Å². The normalized spacial score (nSPS) is 9.33. The zero-order valence-electron chi connectivity index (χ0n) is 6.06. The molecule has 0 atom stereocenters. The smallest absolute Gasteiger partial charge is 0.370 e. The van der Waals surface area contributed by atoms with E-state index < -0.39 is 5.30 Å². The van der Waals surface area contributed by atoms with Crippen molar-refractivity contribution >= 4 is 33.5 Å². The lowest BCUT2D eigenvalue weighted by atomic mass is 10.2. The van der Waals surface area contributed by atoms with Crippen molar-refractivity contribution in [1.82, 2.24) is 0 Å². The predicted molar refractivity (Wildman–Crippen MR) is 53.8 cm³/mol. The molecule has 0 spiro atoms. The maximum Gasteiger partial charge on any atom is 0.370 e. The van der Waals surface area contributed by atoms with E-state index in [1.54, 1.807) is 12.1 Å². The standard InChI is InChI=1S/C8H6O2S2/c9-8(10)12-7(11)6-4-2-1-3-5-6/h1-5H,(H,9,10). The summed E-state index contributed by atoms with van der Waals surface area (Å²) in [5, 5.41) is 7.45. The Morgan fingerprint density at radius 2 is 1.92 bits per heavy atom. The molecule has 0 unspecified atom stereocenters. The first-order valence-electron chi connectivity index (χ1n) is 3.20. The maximum atomic E-state index is 10.3. The molecule has 12 heavy (non-hydrogen) atoms. The molecule has 4 heteroatoms. The van der Waals surface area contributed by atoms with Gasteiger partial charge in [0.2, 0.25) is 0 Å². The van der Waals surface area contributed by atoms with Crippen LogP contribution in [0, 0.1) is 0 Å². The molecule has 0 bridgehead atoms. The molecule has 1 N–H and O–H groups in total. The molecule has 0 saturated carbocycles. The number of carbonyl (C=O) groups is 1. The van der Waals surface area contributed by atoms with E-state index >= 15 is 0 Å². The highest BCUT2D eigenvalue weighted by Crippen LogP contribution is 2.13. The summed E-state index contributed by atoms with van der Waals surface area (Å²) in [5.74, 6) is 0. The zero-order chi connectivity index (χ0) is 8.97. The fourth-order valence-electron chi connectivity index (χ4n) is 0.712. The van der Waals surface area contributed by atoms with E-state index in [-0.39, 0.29) is 0 Å². The zero-order valence-corrected chi connectivity index (χ0v) is 7.69. The van der Waals surface area contributed by atoms with Gasteiger partial charge in [-0.15, -0.1) is 0 Å². The topological polar surface area (TPSA) is 37.3 Å². The average Bonchev–Trinajstić information content (AvgIpc) is 2.05. The van der Waals surface area contributed by atoms with E-state index in [1.165, 1.54) is 0 Å². The van der Waals surface area contributed by atoms with Crippen LogP contribution in [0.4, 0.5) is 4.79 Å². The molecule has 2 nitrogen and oxygen atoms in total. The van der Waals surface area contributed by atoms with Crippen molar-refractivity contribution in [2.24, 2.45) is 0 Å². The monoisotopic (exact) mass is 198 g/mol. The Labute approximate surface area is 79.6 Å². The first-order valence-corrected chi connectivity index (χ1v) is 4.43. The van der Waals surface area contributed by atoms with Crippen LogP contribution in [0.3, 0.4) is 0 Å². The fourth-order valence-corrected chi connectivity index (χ4v) is 1.47. The Balaban J connectivity index is 2.73. The van der Waals surface area contributed by atoms with Gasteiger partial charge in [0.05, 0.1) is 4.20 Å². The van der Waals surface area contributed by atoms with E-state index in [9.17, 15) is 4.79 Å². The summed E-state index contributed by atoms with van der Waals surface area (Å²) in [4.78, 5) is 10.3. The Morgan fingerprint density at radius 3 is 2.42 bits per heavy atom. The number of hydrogen-bond acceptors (Lipinski definition) is 3. The molecule has 0 aliphatic rings. The van der Waals surface area contributed by atoms with Gasteiger partial charge in [-0.1, -0.05) is 42.5 Å². The Kier molecular flexibility index (Phi) is 3.25.